The van der Waals surface area contributed by atoms with E-state index in [4.69, 9.17) is 4.18 Å². The highest BCUT2D eigenvalue weighted by Crippen LogP contribution is 2.35. The average Bonchev–Trinajstić information content (AvgIpc) is 2.88. The molecule has 0 aliphatic carbocycles. The molecule has 1 aromatic carbocycles. The number of nitrogens with zero attached hydrogens (tertiary/aromatic N) is 1. The van der Waals surface area contributed by atoms with Gasteiger partial charge < -0.3 is 4.18 Å². The molecule has 6 heteroatoms. The number of benzene rings is 1. The maximum absolute atomic E-state index is 12.9. The fourth-order valence-corrected chi connectivity index (χ4v) is 3.08. The molecule has 0 spiro atoms. The third kappa shape index (κ3) is 1.40. The van der Waals surface area contributed by atoms with Crippen LogP contribution in [-0.4, -0.2) is 25.3 Å². The summed E-state index contributed by atoms with van der Waals surface area (Å²) in [4.78, 5) is 0. The standard InChI is InChI=1S/C9H8FNO3S/c10-7-1-2-9-6(3-7)4-8-5-11(8)15(12,13)14-9/h1-3,8H,4-5H2. The van der Waals surface area contributed by atoms with E-state index in [2.05, 4.69) is 0 Å². The minimum Gasteiger partial charge on any atom is -0.370 e. The normalized spacial score (nSPS) is 30.7. The van der Waals surface area contributed by atoms with Gasteiger partial charge in [0.1, 0.15) is 11.6 Å². The van der Waals surface area contributed by atoms with Gasteiger partial charge in [-0.2, -0.15) is 12.7 Å². The van der Waals surface area contributed by atoms with Gasteiger partial charge in [-0.05, 0) is 24.6 Å². The summed E-state index contributed by atoms with van der Waals surface area (Å²) in [6.45, 7) is 0.471. The van der Waals surface area contributed by atoms with E-state index in [-0.39, 0.29) is 17.6 Å². The molecular weight excluding hydrogens is 221 g/mol. The van der Waals surface area contributed by atoms with Crippen LogP contribution in [0.3, 0.4) is 0 Å². The Morgan fingerprint density at radius 3 is 3.07 bits per heavy atom. The monoisotopic (exact) mass is 229 g/mol. The second kappa shape index (κ2) is 2.70. The zero-order valence-corrected chi connectivity index (χ0v) is 8.50. The highest BCUT2D eigenvalue weighted by Gasteiger charge is 2.48. The molecule has 2 unspecified atom stereocenters. The summed E-state index contributed by atoms with van der Waals surface area (Å²) in [6.07, 6.45) is 0.520. The molecule has 0 amide bonds. The summed E-state index contributed by atoms with van der Waals surface area (Å²) in [5.74, 6) is -0.132. The van der Waals surface area contributed by atoms with Crippen LogP contribution in [-0.2, 0) is 16.7 Å². The predicted octanol–water partition coefficient (Wildman–Crippen LogP) is 0.690. The van der Waals surface area contributed by atoms with Crippen molar-refractivity contribution in [3.63, 3.8) is 0 Å². The molecule has 2 aliphatic rings. The van der Waals surface area contributed by atoms with Gasteiger partial charge in [-0.25, -0.2) is 4.39 Å². The second-order valence-corrected chi connectivity index (χ2v) is 5.21. The largest absolute Gasteiger partial charge is 0.385 e. The van der Waals surface area contributed by atoms with Crippen molar-refractivity contribution in [1.29, 1.82) is 0 Å². The molecular formula is C9H8FNO3S. The predicted molar refractivity (Wildman–Crippen MR) is 50.1 cm³/mol. The number of hydrogen-bond acceptors (Lipinski definition) is 3. The van der Waals surface area contributed by atoms with Crippen molar-refractivity contribution in [2.24, 2.45) is 0 Å². The fourth-order valence-electron chi connectivity index (χ4n) is 1.80. The van der Waals surface area contributed by atoms with Crippen LogP contribution in [0.25, 0.3) is 0 Å². The lowest BCUT2D eigenvalue weighted by molar-refractivity contribution is 0.451. The van der Waals surface area contributed by atoms with Gasteiger partial charge in [0.2, 0.25) is 0 Å². The molecule has 0 bridgehead atoms. The third-order valence-electron chi connectivity index (χ3n) is 2.62. The van der Waals surface area contributed by atoms with E-state index in [0.29, 0.717) is 18.5 Å². The first kappa shape index (κ1) is 9.11. The molecule has 0 saturated carbocycles. The van der Waals surface area contributed by atoms with Crippen LogP contribution in [0, 0.1) is 5.82 Å². The maximum Gasteiger partial charge on any atom is 0.385 e. The number of hydrogen-bond donors (Lipinski definition) is 0. The van der Waals surface area contributed by atoms with Gasteiger partial charge in [-0.15, -0.1) is 0 Å². The minimum absolute atomic E-state index is 0.0574. The molecule has 3 rings (SSSR count). The number of fused-ring (bicyclic) bond motifs is 2. The summed E-state index contributed by atoms with van der Waals surface area (Å²) in [5, 5.41) is 0. The summed E-state index contributed by atoms with van der Waals surface area (Å²) in [6, 6.07) is 3.82. The van der Waals surface area contributed by atoms with Gasteiger partial charge in [-0.1, -0.05) is 0 Å². The first-order valence-corrected chi connectivity index (χ1v) is 5.92. The smallest absolute Gasteiger partial charge is 0.370 e. The van der Waals surface area contributed by atoms with Crippen molar-refractivity contribution in [3.05, 3.63) is 29.6 Å². The van der Waals surface area contributed by atoms with Gasteiger partial charge in [0.25, 0.3) is 0 Å². The molecule has 4 nitrogen and oxygen atoms in total. The molecule has 1 saturated heterocycles. The van der Waals surface area contributed by atoms with Crippen molar-refractivity contribution in [2.75, 3.05) is 6.54 Å². The van der Waals surface area contributed by atoms with Crippen molar-refractivity contribution in [3.8, 4) is 5.75 Å². The van der Waals surface area contributed by atoms with E-state index in [0.717, 1.165) is 0 Å². The SMILES string of the molecule is O=S1(=O)Oc2ccc(F)cc2CC2CN21. The molecule has 1 aromatic rings. The molecule has 2 aliphatic heterocycles. The summed E-state index contributed by atoms with van der Waals surface area (Å²) in [5.41, 5.74) is 0.614. The molecule has 1 fully saturated rings. The molecule has 15 heavy (non-hydrogen) atoms. The van der Waals surface area contributed by atoms with E-state index >= 15 is 0 Å². The Morgan fingerprint density at radius 2 is 2.27 bits per heavy atom. The molecule has 2 heterocycles. The van der Waals surface area contributed by atoms with Crippen molar-refractivity contribution in [1.82, 2.24) is 4.31 Å². The fraction of sp³-hybridized carbons (Fsp3) is 0.333. The Hall–Kier alpha value is -1.14. The zero-order valence-electron chi connectivity index (χ0n) is 7.68. The Balaban J connectivity index is 2.12. The maximum atomic E-state index is 12.9. The van der Waals surface area contributed by atoms with Crippen LogP contribution in [0.2, 0.25) is 0 Å². The topological polar surface area (TPSA) is 46.4 Å². The Morgan fingerprint density at radius 1 is 1.47 bits per heavy atom. The lowest BCUT2D eigenvalue weighted by Gasteiger charge is -2.07. The summed E-state index contributed by atoms with van der Waals surface area (Å²) >= 11 is 0. The number of halogens is 1. The van der Waals surface area contributed by atoms with Gasteiger partial charge in [0.15, 0.2) is 0 Å². The van der Waals surface area contributed by atoms with Gasteiger partial charge in [0, 0.05) is 18.2 Å². The molecule has 2 atom stereocenters. The Labute approximate surface area is 86.5 Å². The Kier molecular flexibility index (Phi) is 1.64. The van der Waals surface area contributed by atoms with E-state index in [1.807, 2.05) is 0 Å². The lowest BCUT2D eigenvalue weighted by Crippen LogP contribution is -2.18. The van der Waals surface area contributed by atoms with E-state index < -0.39 is 10.3 Å². The average molecular weight is 229 g/mol. The highest BCUT2D eigenvalue weighted by atomic mass is 32.2. The van der Waals surface area contributed by atoms with Crippen LogP contribution in [0.4, 0.5) is 4.39 Å². The third-order valence-corrected chi connectivity index (χ3v) is 4.04. The van der Waals surface area contributed by atoms with Crippen LogP contribution in [0.1, 0.15) is 5.56 Å². The lowest BCUT2D eigenvalue weighted by atomic mass is 10.1. The van der Waals surface area contributed by atoms with Gasteiger partial charge in [-0.3, -0.25) is 0 Å². The summed E-state index contributed by atoms with van der Waals surface area (Å²) < 4.78 is 42.1. The van der Waals surface area contributed by atoms with E-state index in [9.17, 15) is 12.8 Å². The Bertz CT molecular complexity index is 528. The quantitative estimate of drug-likeness (QED) is 0.615. The van der Waals surface area contributed by atoms with Crippen LogP contribution in [0.15, 0.2) is 18.2 Å². The van der Waals surface area contributed by atoms with Crippen molar-refractivity contribution >= 4 is 10.3 Å². The molecule has 80 valence electrons. The first-order valence-electron chi connectivity index (χ1n) is 4.56. The minimum atomic E-state index is -3.64. The van der Waals surface area contributed by atoms with Crippen molar-refractivity contribution < 1.29 is 17.0 Å². The number of rotatable bonds is 0. The zero-order chi connectivity index (χ0) is 10.6. The van der Waals surface area contributed by atoms with Crippen molar-refractivity contribution in [2.45, 2.75) is 12.5 Å². The summed E-state index contributed by atoms with van der Waals surface area (Å²) in [7, 11) is -3.64. The molecule has 0 radical (unpaired) electrons. The van der Waals surface area contributed by atoms with Crippen LogP contribution >= 0.6 is 0 Å². The highest BCUT2D eigenvalue weighted by molar-refractivity contribution is 7.85. The molecule has 0 aromatic heterocycles. The van der Waals surface area contributed by atoms with Crippen LogP contribution in [0.5, 0.6) is 5.75 Å². The van der Waals surface area contributed by atoms with E-state index in [1.54, 1.807) is 0 Å². The second-order valence-electron chi connectivity index (χ2n) is 3.72. The van der Waals surface area contributed by atoms with Gasteiger partial charge >= 0.3 is 10.3 Å². The first-order chi connectivity index (χ1) is 7.06. The van der Waals surface area contributed by atoms with E-state index in [1.165, 1.54) is 22.5 Å². The van der Waals surface area contributed by atoms with Gasteiger partial charge in [0.05, 0.1) is 0 Å². The molecule has 0 N–H and O–H groups in total. The van der Waals surface area contributed by atoms with Crippen LogP contribution < -0.4 is 4.18 Å².